The summed E-state index contributed by atoms with van der Waals surface area (Å²) in [5.74, 6) is -1.70. The van der Waals surface area contributed by atoms with Crippen molar-refractivity contribution in [3.63, 3.8) is 0 Å². The fraction of sp³-hybridized carbons (Fsp3) is 0.353. The molecule has 0 unspecified atom stereocenters. The topological polar surface area (TPSA) is 54.5 Å². The number of hydrogen-bond acceptors (Lipinski definition) is 3. The Bertz CT molecular complexity index is 693. The van der Waals surface area contributed by atoms with Gasteiger partial charge in [0.25, 0.3) is 0 Å². The summed E-state index contributed by atoms with van der Waals surface area (Å²) in [6.07, 6.45) is 1.94. The first-order chi connectivity index (χ1) is 10.1. The van der Waals surface area contributed by atoms with E-state index in [9.17, 15) is 14.4 Å². The molecule has 5 rings (SSSR count). The number of likely N-dealkylation sites (tertiary alicyclic amines) is 1. The van der Waals surface area contributed by atoms with E-state index in [1.54, 1.807) is 6.08 Å². The van der Waals surface area contributed by atoms with Crippen molar-refractivity contribution in [3.05, 3.63) is 48.0 Å². The number of imide groups is 1. The average Bonchev–Trinajstić information content (AvgIpc) is 2.74. The molecule has 4 heteroatoms. The van der Waals surface area contributed by atoms with E-state index in [4.69, 9.17) is 0 Å². The van der Waals surface area contributed by atoms with Crippen LogP contribution in [0.2, 0.25) is 0 Å². The third kappa shape index (κ3) is 1.42. The highest BCUT2D eigenvalue weighted by molar-refractivity contribution is 6.11. The Labute approximate surface area is 122 Å². The minimum atomic E-state index is -0.501. The fourth-order valence-electron chi connectivity index (χ4n) is 4.33. The highest BCUT2D eigenvalue weighted by atomic mass is 16.2. The molecule has 1 saturated carbocycles. The van der Waals surface area contributed by atoms with Crippen molar-refractivity contribution in [2.45, 2.75) is 18.3 Å². The third-order valence-electron chi connectivity index (χ3n) is 5.09. The molecule has 21 heavy (non-hydrogen) atoms. The first-order valence-corrected chi connectivity index (χ1v) is 7.22. The van der Waals surface area contributed by atoms with Crippen molar-refractivity contribution in [1.29, 1.82) is 0 Å². The molecule has 4 nitrogen and oxygen atoms in total. The lowest BCUT2D eigenvalue weighted by Gasteiger charge is -2.43. The zero-order valence-electron chi connectivity index (χ0n) is 11.5. The maximum absolute atomic E-state index is 12.6. The van der Waals surface area contributed by atoms with Crippen LogP contribution in [0.1, 0.15) is 29.4 Å². The first-order valence-electron chi connectivity index (χ1n) is 7.22. The smallest absolute Gasteiger partial charge is 0.234 e. The predicted molar refractivity (Wildman–Crippen MR) is 75.4 cm³/mol. The van der Waals surface area contributed by atoms with E-state index in [0.717, 1.165) is 11.1 Å². The molecule has 1 heterocycles. The Hall–Kier alpha value is -2.23. The highest BCUT2D eigenvalue weighted by Crippen LogP contribution is 2.57. The van der Waals surface area contributed by atoms with Gasteiger partial charge in [-0.05, 0) is 11.1 Å². The van der Waals surface area contributed by atoms with Crippen molar-refractivity contribution in [2.24, 2.45) is 11.8 Å². The summed E-state index contributed by atoms with van der Waals surface area (Å²) in [6.45, 7) is 3.84. The Morgan fingerprint density at radius 2 is 1.76 bits per heavy atom. The molecule has 4 atom stereocenters. The van der Waals surface area contributed by atoms with Gasteiger partial charge in [0.15, 0.2) is 0 Å². The number of rotatable bonds is 2. The van der Waals surface area contributed by atoms with Crippen LogP contribution in [0.25, 0.3) is 0 Å². The number of hydrogen-bond donors (Lipinski definition) is 0. The zero-order chi connectivity index (χ0) is 14.7. The molecule has 1 aliphatic heterocycles. The lowest BCUT2D eigenvalue weighted by molar-refractivity contribution is -0.139. The Balaban J connectivity index is 1.88. The minimum Gasteiger partial charge on any atom is -0.299 e. The summed E-state index contributed by atoms with van der Waals surface area (Å²) in [4.78, 5) is 38.8. The van der Waals surface area contributed by atoms with Gasteiger partial charge in [-0.2, -0.15) is 0 Å². The maximum Gasteiger partial charge on any atom is 0.234 e. The van der Waals surface area contributed by atoms with Crippen LogP contribution in [-0.2, 0) is 14.4 Å². The Morgan fingerprint density at radius 1 is 1.10 bits per heavy atom. The average molecular weight is 281 g/mol. The van der Waals surface area contributed by atoms with Gasteiger partial charge in [-0.1, -0.05) is 30.3 Å². The van der Waals surface area contributed by atoms with Gasteiger partial charge in [0.2, 0.25) is 11.8 Å². The zero-order valence-corrected chi connectivity index (χ0v) is 11.5. The van der Waals surface area contributed by atoms with Crippen LogP contribution in [0.15, 0.2) is 36.9 Å². The quantitative estimate of drug-likeness (QED) is 0.611. The van der Waals surface area contributed by atoms with Gasteiger partial charge in [-0.25, -0.2) is 0 Å². The molecule has 0 aromatic heterocycles. The number of carbonyl (C=O) groups excluding carboxylic acids is 3. The molecule has 106 valence electrons. The van der Waals surface area contributed by atoms with Gasteiger partial charge in [-0.3, -0.25) is 19.3 Å². The van der Waals surface area contributed by atoms with Crippen LogP contribution >= 0.6 is 0 Å². The van der Waals surface area contributed by atoms with Gasteiger partial charge in [0.1, 0.15) is 5.78 Å². The number of ketones is 1. The normalized spacial score (nSPS) is 33.1. The standard InChI is InChI=1S/C17H15NO3/c1-2-7-18-16(20)14-11-8-12(19)13(15(14)17(18)21)10-6-4-3-5-9(10)11/h2-6,11,13-15H,1,7-8H2/t11-,13-,14-,15-/m0/s1. The molecule has 0 N–H and O–H groups in total. The molecule has 1 aromatic rings. The summed E-state index contributed by atoms with van der Waals surface area (Å²) in [5, 5.41) is 0. The summed E-state index contributed by atoms with van der Waals surface area (Å²) in [6, 6.07) is 7.74. The van der Waals surface area contributed by atoms with E-state index in [1.165, 1.54) is 4.90 Å². The Kier molecular flexibility index (Phi) is 2.46. The Morgan fingerprint density at radius 3 is 2.48 bits per heavy atom. The van der Waals surface area contributed by atoms with Gasteiger partial charge in [0, 0.05) is 18.9 Å². The summed E-state index contributed by atoms with van der Waals surface area (Å²) in [7, 11) is 0. The second-order valence-electron chi connectivity index (χ2n) is 6.01. The van der Waals surface area contributed by atoms with Crippen LogP contribution in [0, 0.1) is 11.8 Å². The van der Waals surface area contributed by atoms with Crippen LogP contribution in [-0.4, -0.2) is 29.0 Å². The SMILES string of the molecule is C=CCN1C(=O)[C@@H]2[C@@H](C1=O)[C@H]1CC(=O)[C@@H]2c2ccccc21. The van der Waals surface area contributed by atoms with Crippen LogP contribution in [0.4, 0.5) is 0 Å². The van der Waals surface area contributed by atoms with Gasteiger partial charge < -0.3 is 0 Å². The third-order valence-corrected chi connectivity index (χ3v) is 5.09. The molecule has 2 amide bonds. The largest absolute Gasteiger partial charge is 0.299 e. The fourth-order valence-corrected chi connectivity index (χ4v) is 4.33. The number of amides is 2. The molecular weight excluding hydrogens is 266 g/mol. The van der Waals surface area contributed by atoms with E-state index in [-0.39, 0.29) is 36.0 Å². The van der Waals surface area contributed by atoms with E-state index in [1.807, 2.05) is 24.3 Å². The van der Waals surface area contributed by atoms with Crippen LogP contribution in [0.5, 0.6) is 0 Å². The van der Waals surface area contributed by atoms with Gasteiger partial charge >= 0.3 is 0 Å². The van der Waals surface area contributed by atoms with E-state index < -0.39 is 11.8 Å². The molecule has 0 spiro atoms. The number of fused-ring (bicyclic) bond motifs is 1. The predicted octanol–water partition coefficient (Wildman–Crippen LogP) is 1.63. The number of Topliss-reactive ketones (excluding diaryl/α,β-unsaturated/α-hetero) is 1. The monoisotopic (exact) mass is 281 g/mol. The van der Waals surface area contributed by atoms with Crippen molar-refractivity contribution in [1.82, 2.24) is 4.90 Å². The molecule has 1 aromatic carbocycles. The van der Waals surface area contributed by atoms with Gasteiger partial charge in [-0.15, -0.1) is 6.58 Å². The van der Waals surface area contributed by atoms with Crippen molar-refractivity contribution in [2.75, 3.05) is 6.54 Å². The molecule has 3 aliphatic carbocycles. The molecule has 0 radical (unpaired) electrons. The van der Waals surface area contributed by atoms with Crippen LogP contribution in [0.3, 0.4) is 0 Å². The van der Waals surface area contributed by atoms with Crippen LogP contribution < -0.4 is 0 Å². The molecule has 4 aliphatic rings. The van der Waals surface area contributed by atoms with Crippen molar-refractivity contribution < 1.29 is 14.4 Å². The lowest BCUT2D eigenvalue weighted by atomic mass is 9.56. The van der Waals surface area contributed by atoms with Gasteiger partial charge in [0.05, 0.1) is 17.8 Å². The summed E-state index contributed by atoms with van der Waals surface area (Å²) in [5.41, 5.74) is 2.02. The number of carbonyl (C=O) groups is 3. The van der Waals surface area contributed by atoms with Crippen molar-refractivity contribution >= 4 is 17.6 Å². The highest BCUT2D eigenvalue weighted by Gasteiger charge is 2.62. The summed E-state index contributed by atoms with van der Waals surface area (Å²) < 4.78 is 0. The first kappa shape index (κ1) is 12.5. The van der Waals surface area contributed by atoms with Crippen molar-refractivity contribution in [3.8, 4) is 0 Å². The minimum absolute atomic E-state index is 0.0987. The summed E-state index contributed by atoms with van der Waals surface area (Å²) >= 11 is 0. The molecule has 1 saturated heterocycles. The van der Waals surface area contributed by atoms with E-state index in [0.29, 0.717) is 6.42 Å². The molecule has 2 fully saturated rings. The second kappa shape index (κ2) is 4.13. The molecular formula is C17H15NO3. The molecule has 2 bridgehead atoms. The van der Waals surface area contributed by atoms with E-state index in [2.05, 4.69) is 6.58 Å². The van der Waals surface area contributed by atoms with E-state index >= 15 is 0 Å². The number of nitrogens with zero attached hydrogens (tertiary/aromatic N) is 1. The second-order valence-corrected chi connectivity index (χ2v) is 6.01. The number of benzene rings is 1. The maximum atomic E-state index is 12.6. The lowest BCUT2D eigenvalue weighted by Crippen LogP contribution is -2.44.